The van der Waals surface area contributed by atoms with Crippen molar-refractivity contribution in [3.05, 3.63) is 11.3 Å². The van der Waals surface area contributed by atoms with Gasteiger partial charge in [0.05, 0.1) is 18.8 Å². The van der Waals surface area contributed by atoms with Crippen molar-refractivity contribution < 1.29 is 44.9 Å². The maximum atomic E-state index is 11.5. The number of ether oxygens (including phenoxy) is 2. The van der Waals surface area contributed by atoms with Crippen LogP contribution in [-0.2, 0) is 14.3 Å². The molecular weight excluding hydrogens is 288 g/mol. The Labute approximate surface area is 120 Å². The van der Waals surface area contributed by atoms with Crippen LogP contribution in [0.5, 0.6) is 0 Å². The predicted molar refractivity (Wildman–Crippen MR) is 66.9 cm³/mol. The molecule has 0 amide bonds. The zero-order chi connectivity index (χ0) is 16.4. The van der Waals surface area contributed by atoms with E-state index in [1.165, 1.54) is 6.92 Å². The lowest BCUT2D eigenvalue weighted by Crippen LogP contribution is -2.66. The van der Waals surface area contributed by atoms with Crippen molar-refractivity contribution in [3.63, 3.8) is 0 Å². The van der Waals surface area contributed by atoms with Gasteiger partial charge in [0.1, 0.15) is 24.4 Å². The Bertz CT molecular complexity index is 419. The van der Waals surface area contributed by atoms with Gasteiger partial charge in [-0.3, -0.25) is 0 Å². The first-order valence-electron chi connectivity index (χ1n) is 6.33. The highest BCUT2D eigenvalue weighted by Crippen LogP contribution is 2.34. The van der Waals surface area contributed by atoms with Crippen molar-refractivity contribution in [3.8, 4) is 0 Å². The molecule has 1 fully saturated rings. The molecule has 21 heavy (non-hydrogen) atoms. The molecule has 9 nitrogen and oxygen atoms in total. The Morgan fingerprint density at radius 1 is 1.29 bits per heavy atom. The third kappa shape index (κ3) is 3.18. The first-order valence-corrected chi connectivity index (χ1v) is 6.33. The zero-order valence-electron chi connectivity index (χ0n) is 11.6. The van der Waals surface area contributed by atoms with Crippen LogP contribution in [0.2, 0.25) is 0 Å². The monoisotopic (exact) mass is 308 g/mol. The summed E-state index contributed by atoms with van der Waals surface area (Å²) < 4.78 is 9.49. The highest BCUT2D eigenvalue weighted by Gasteiger charge is 2.56. The molecule has 1 aliphatic heterocycles. The lowest BCUT2D eigenvalue weighted by molar-refractivity contribution is -0.341. The molecular formula is C12H20O9. The average Bonchev–Trinajstić information content (AvgIpc) is 2.47. The van der Waals surface area contributed by atoms with E-state index in [-0.39, 0.29) is 6.61 Å². The molecule has 1 unspecified atom stereocenters. The van der Waals surface area contributed by atoms with E-state index in [0.29, 0.717) is 0 Å². The third-order valence-electron chi connectivity index (χ3n) is 3.24. The van der Waals surface area contributed by atoms with Gasteiger partial charge in [-0.05, 0) is 13.8 Å². The molecule has 6 N–H and O–H groups in total. The Hall–Kier alpha value is -1.23. The number of hydrogen-bond donors (Lipinski definition) is 6. The van der Waals surface area contributed by atoms with Crippen LogP contribution in [0.3, 0.4) is 0 Å². The van der Waals surface area contributed by atoms with Crippen LogP contribution < -0.4 is 0 Å². The number of hydrogen-bond acceptors (Lipinski definition) is 9. The largest absolute Gasteiger partial charge is 0.506 e. The van der Waals surface area contributed by atoms with Crippen LogP contribution >= 0.6 is 0 Å². The first-order chi connectivity index (χ1) is 9.70. The van der Waals surface area contributed by atoms with Gasteiger partial charge in [0.2, 0.25) is 0 Å². The number of rotatable bonds is 4. The fourth-order valence-corrected chi connectivity index (χ4v) is 1.95. The summed E-state index contributed by atoms with van der Waals surface area (Å²) in [5.74, 6) is -4.89. The SMILES string of the molecule is CCOC(=O)/C(C)=C(\O)C1(O)O[C@H](CO)[C@@H](O)[C@H](O)[C@H]1O. The van der Waals surface area contributed by atoms with Crippen LogP contribution in [0.4, 0.5) is 0 Å². The molecule has 0 bridgehead atoms. The molecule has 0 radical (unpaired) electrons. The number of esters is 1. The van der Waals surface area contributed by atoms with Crippen LogP contribution in [0.1, 0.15) is 13.8 Å². The fraction of sp³-hybridized carbons (Fsp3) is 0.750. The lowest BCUT2D eigenvalue weighted by atomic mass is 9.90. The number of carbonyl (C=O) groups is 1. The van der Waals surface area contributed by atoms with Crippen LogP contribution in [0, 0.1) is 0 Å². The minimum atomic E-state index is -2.86. The van der Waals surface area contributed by atoms with Crippen molar-refractivity contribution in [2.45, 2.75) is 44.1 Å². The van der Waals surface area contributed by atoms with E-state index >= 15 is 0 Å². The van der Waals surface area contributed by atoms with Crippen molar-refractivity contribution in [2.24, 2.45) is 0 Å². The standard InChI is InChI=1S/C12H20O9/c1-3-20-11(18)5(2)9(16)12(19)10(17)8(15)7(14)6(4-13)21-12/h6-8,10,13-17,19H,3-4H2,1-2H3/b9-5-/t6-,7-,8+,10-,12?/m1/s1. The molecule has 9 heteroatoms. The Morgan fingerprint density at radius 2 is 1.86 bits per heavy atom. The maximum absolute atomic E-state index is 11.5. The summed E-state index contributed by atoms with van der Waals surface area (Å²) in [5, 5.41) is 58.2. The molecule has 0 spiro atoms. The van der Waals surface area contributed by atoms with Crippen molar-refractivity contribution in [1.82, 2.24) is 0 Å². The first kappa shape index (κ1) is 17.8. The maximum Gasteiger partial charge on any atom is 0.337 e. The Balaban J connectivity index is 3.17. The van der Waals surface area contributed by atoms with Gasteiger partial charge in [0.25, 0.3) is 5.79 Å². The van der Waals surface area contributed by atoms with Gasteiger partial charge in [-0.1, -0.05) is 0 Å². The molecule has 0 saturated carbocycles. The van der Waals surface area contributed by atoms with Gasteiger partial charge in [-0.25, -0.2) is 4.79 Å². The minimum absolute atomic E-state index is 0.0197. The van der Waals surface area contributed by atoms with Crippen LogP contribution in [0.15, 0.2) is 11.3 Å². The molecule has 0 aromatic carbocycles. The second-order valence-electron chi connectivity index (χ2n) is 4.66. The summed E-state index contributed by atoms with van der Waals surface area (Å²) in [4.78, 5) is 11.5. The summed E-state index contributed by atoms with van der Waals surface area (Å²) in [5.41, 5.74) is -0.446. The summed E-state index contributed by atoms with van der Waals surface area (Å²) in [6.45, 7) is 1.88. The topological polar surface area (TPSA) is 157 Å². The second kappa shape index (κ2) is 6.69. The summed E-state index contributed by atoms with van der Waals surface area (Å²) in [6, 6.07) is 0. The van der Waals surface area contributed by atoms with Crippen LogP contribution in [-0.4, -0.2) is 80.0 Å². The third-order valence-corrected chi connectivity index (χ3v) is 3.24. The van der Waals surface area contributed by atoms with Crippen LogP contribution in [0.25, 0.3) is 0 Å². The van der Waals surface area contributed by atoms with Gasteiger partial charge in [-0.15, -0.1) is 0 Å². The second-order valence-corrected chi connectivity index (χ2v) is 4.66. The van der Waals surface area contributed by atoms with E-state index in [4.69, 9.17) is 9.84 Å². The van der Waals surface area contributed by atoms with E-state index in [2.05, 4.69) is 4.74 Å². The average molecular weight is 308 g/mol. The van der Waals surface area contributed by atoms with E-state index in [1.807, 2.05) is 0 Å². The van der Waals surface area contributed by atoms with Gasteiger partial charge in [0, 0.05) is 0 Å². The summed E-state index contributed by atoms with van der Waals surface area (Å²) in [7, 11) is 0. The fourth-order valence-electron chi connectivity index (χ4n) is 1.95. The number of carbonyl (C=O) groups excluding carboxylic acids is 1. The van der Waals surface area contributed by atoms with Crippen molar-refractivity contribution >= 4 is 5.97 Å². The van der Waals surface area contributed by atoms with Crippen molar-refractivity contribution in [2.75, 3.05) is 13.2 Å². The van der Waals surface area contributed by atoms with E-state index in [1.54, 1.807) is 0 Å². The molecule has 0 aliphatic carbocycles. The normalized spacial score (nSPS) is 37.9. The molecule has 0 aromatic rings. The number of aliphatic hydroxyl groups is 6. The summed E-state index contributed by atoms with van der Waals surface area (Å²) >= 11 is 0. The predicted octanol–water partition coefficient (Wildman–Crippen LogP) is -2.46. The minimum Gasteiger partial charge on any atom is -0.506 e. The molecule has 1 rings (SSSR count). The molecule has 1 heterocycles. The molecule has 122 valence electrons. The quantitative estimate of drug-likeness (QED) is 0.188. The smallest absolute Gasteiger partial charge is 0.337 e. The van der Waals surface area contributed by atoms with Gasteiger partial charge in [-0.2, -0.15) is 0 Å². The van der Waals surface area contributed by atoms with Gasteiger partial charge >= 0.3 is 5.97 Å². The molecule has 5 atom stereocenters. The molecule has 1 aliphatic rings. The highest BCUT2D eigenvalue weighted by atomic mass is 16.7. The van der Waals surface area contributed by atoms with Gasteiger partial charge < -0.3 is 40.1 Å². The lowest BCUT2D eigenvalue weighted by Gasteiger charge is -2.44. The molecule has 1 saturated heterocycles. The Kier molecular flexibility index (Phi) is 5.68. The highest BCUT2D eigenvalue weighted by molar-refractivity contribution is 5.88. The van der Waals surface area contributed by atoms with E-state index in [9.17, 15) is 30.3 Å². The zero-order valence-corrected chi connectivity index (χ0v) is 11.6. The van der Waals surface area contributed by atoms with Crippen molar-refractivity contribution in [1.29, 1.82) is 0 Å². The summed E-state index contributed by atoms with van der Waals surface area (Å²) in [6.07, 6.45) is -7.19. The van der Waals surface area contributed by atoms with E-state index in [0.717, 1.165) is 6.92 Å². The molecule has 0 aromatic heterocycles. The van der Waals surface area contributed by atoms with E-state index < -0.39 is 54.1 Å². The number of aliphatic hydroxyl groups excluding tert-OH is 5. The van der Waals surface area contributed by atoms with Gasteiger partial charge in [0.15, 0.2) is 5.76 Å². The Morgan fingerprint density at radius 3 is 2.33 bits per heavy atom.